The molecule has 0 saturated heterocycles. The first-order chi connectivity index (χ1) is 10.5. The molecule has 3 rings (SSSR count). The zero-order valence-corrected chi connectivity index (χ0v) is 13.1. The summed E-state index contributed by atoms with van der Waals surface area (Å²) in [4.78, 5) is 24.6. The number of carbonyl (C=O) groups excluding carboxylic acids is 2. The van der Waals surface area contributed by atoms with Crippen molar-refractivity contribution in [1.82, 2.24) is 5.32 Å². The number of nitrogens with one attached hydrogen (secondary N) is 2. The Balaban J connectivity index is 1.89. The maximum atomic E-state index is 12.5. The van der Waals surface area contributed by atoms with E-state index in [0.29, 0.717) is 29.1 Å². The van der Waals surface area contributed by atoms with E-state index < -0.39 is 17.4 Å². The average Bonchev–Trinajstić information content (AvgIpc) is 3.10. The standard InChI is InChI=1S/C15H13Cl2N3O2/c16-9-4-3-8-11(10(9)17)19-13(21)12(8)20-14(22)15(7-18)5-1-2-6-15/h3-4,12H,1-2,5-6H2,(H,19,21)(H,20,22)/t12-/m1/s1. The molecule has 1 fully saturated rings. The zero-order chi connectivity index (χ0) is 15.9. The van der Waals surface area contributed by atoms with Crippen LogP contribution >= 0.6 is 23.2 Å². The topological polar surface area (TPSA) is 82.0 Å². The van der Waals surface area contributed by atoms with E-state index in [1.54, 1.807) is 12.1 Å². The van der Waals surface area contributed by atoms with Gasteiger partial charge in [-0.15, -0.1) is 0 Å². The minimum atomic E-state index is -1.03. The Morgan fingerprint density at radius 3 is 2.68 bits per heavy atom. The number of carbonyl (C=O) groups is 2. The fourth-order valence-corrected chi connectivity index (χ4v) is 3.43. The summed E-state index contributed by atoms with van der Waals surface area (Å²) in [6.07, 6.45) is 2.74. The third-order valence-corrected chi connectivity index (χ3v) is 5.13. The zero-order valence-electron chi connectivity index (χ0n) is 11.6. The van der Waals surface area contributed by atoms with Gasteiger partial charge < -0.3 is 10.6 Å². The van der Waals surface area contributed by atoms with Gasteiger partial charge >= 0.3 is 0 Å². The molecule has 2 N–H and O–H groups in total. The van der Waals surface area contributed by atoms with Crippen LogP contribution in [0.1, 0.15) is 37.3 Å². The number of anilines is 1. The molecule has 7 heteroatoms. The molecule has 1 aliphatic heterocycles. The van der Waals surface area contributed by atoms with Gasteiger partial charge in [-0.25, -0.2) is 0 Å². The lowest BCUT2D eigenvalue weighted by Crippen LogP contribution is -2.42. The summed E-state index contributed by atoms with van der Waals surface area (Å²) in [5.41, 5.74) is -0.0417. The summed E-state index contributed by atoms with van der Waals surface area (Å²) in [6, 6.07) is 4.51. The van der Waals surface area contributed by atoms with Gasteiger partial charge in [-0.2, -0.15) is 5.26 Å². The molecule has 22 heavy (non-hydrogen) atoms. The Kier molecular flexibility index (Phi) is 3.75. The van der Waals surface area contributed by atoms with Crippen LogP contribution < -0.4 is 10.6 Å². The van der Waals surface area contributed by atoms with Gasteiger partial charge in [0.1, 0.15) is 11.5 Å². The molecule has 0 unspecified atom stereocenters. The highest BCUT2D eigenvalue weighted by Crippen LogP contribution is 2.42. The molecule has 0 radical (unpaired) electrons. The molecule has 0 aromatic heterocycles. The Labute approximate surface area is 137 Å². The molecule has 114 valence electrons. The SMILES string of the molecule is N#CC1(C(=O)N[C@H]2C(=O)Nc3c2ccc(Cl)c3Cl)CCCC1. The normalized spacial score (nSPS) is 21.9. The van der Waals surface area contributed by atoms with Crippen molar-refractivity contribution in [3.05, 3.63) is 27.7 Å². The predicted molar refractivity (Wildman–Crippen MR) is 82.5 cm³/mol. The van der Waals surface area contributed by atoms with Gasteiger partial charge in [-0.05, 0) is 18.9 Å². The van der Waals surface area contributed by atoms with Gasteiger partial charge in [-0.1, -0.05) is 42.1 Å². The van der Waals surface area contributed by atoms with E-state index in [4.69, 9.17) is 23.2 Å². The third kappa shape index (κ3) is 2.23. The van der Waals surface area contributed by atoms with Crippen LogP contribution in [0.3, 0.4) is 0 Å². The van der Waals surface area contributed by atoms with E-state index in [-0.39, 0.29) is 10.9 Å². The van der Waals surface area contributed by atoms with E-state index in [2.05, 4.69) is 16.7 Å². The Morgan fingerprint density at radius 2 is 2.05 bits per heavy atom. The molecule has 1 saturated carbocycles. The van der Waals surface area contributed by atoms with Gasteiger partial charge in [0.15, 0.2) is 0 Å². The molecule has 1 aromatic rings. The van der Waals surface area contributed by atoms with Gasteiger partial charge in [0.05, 0.1) is 21.8 Å². The quantitative estimate of drug-likeness (QED) is 0.869. The Hall–Kier alpha value is -1.77. The lowest BCUT2D eigenvalue weighted by atomic mass is 9.86. The van der Waals surface area contributed by atoms with Crippen LogP contribution in [0.5, 0.6) is 0 Å². The third-order valence-electron chi connectivity index (χ3n) is 4.33. The van der Waals surface area contributed by atoms with Crippen molar-refractivity contribution in [3.8, 4) is 6.07 Å². The first-order valence-corrected chi connectivity index (χ1v) is 7.75. The molecule has 1 aliphatic carbocycles. The minimum absolute atomic E-state index is 0.250. The highest BCUT2D eigenvalue weighted by molar-refractivity contribution is 6.44. The number of nitriles is 1. The number of halogens is 2. The van der Waals surface area contributed by atoms with E-state index in [9.17, 15) is 14.9 Å². The number of fused-ring (bicyclic) bond motifs is 1. The lowest BCUT2D eigenvalue weighted by Gasteiger charge is -2.21. The fraction of sp³-hybridized carbons (Fsp3) is 0.400. The van der Waals surface area contributed by atoms with Crippen LogP contribution in [0.4, 0.5) is 5.69 Å². The van der Waals surface area contributed by atoms with Crippen LogP contribution in [0.2, 0.25) is 10.0 Å². The molecule has 1 atom stereocenters. The first kappa shape index (κ1) is 15.1. The largest absolute Gasteiger partial charge is 0.339 e. The summed E-state index contributed by atoms with van der Waals surface area (Å²) in [5, 5.41) is 15.3. The van der Waals surface area contributed by atoms with Crippen molar-refractivity contribution in [3.63, 3.8) is 0 Å². The fourth-order valence-electron chi connectivity index (χ4n) is 3.05. The van der Waals surface area contributed by atoms with Crippen molar-refractivity contribution in [1.29, 1.82) is 5.26 Å². The van der Waals surface area contributed by atoms with Crippen LogP contribution in [0, 0.1) is 16.7 Å². The van der Waals surface area contributed by atoms with E-state index >= 15 is 0 Å². The van der Waals surface area contributed by atoms with Crippen LogP contribution in [0.25, 0.3) is 0 Å². The molecule has 1 aromatic carbocycles. The summed E-state index contributed by atoms with van der Waals surface area (Å²) >= 11 is 12.0. The smallest absolute Gasteiger partial charge is 0.251 e. The molecular formula is C15H13Cl2N3O2. The summed E-state index contributed by atoms with van der Waals surface area (Å²) < 4.78 is 0. The predicted octanol–water partition coefficient (Wildman–Crippen LogP) is 3.19. The minimum Gasteiger partial charge on any atom is -0.339 e. The van der Waals surface area contributed by atoms with E-state index in [1.807, 2.05) is 0 Å². The van der Waals surface area contributed by atoms with E-state index in [1.165, 1.54) is 0 Å². The molecule has 1 heterocycles. The highest BCUT2D eigenvalue weighted by atomic mass is 35.5. The van der Waals surface area contributed by atoms with Gasteiger partial charge in [0, 0.05) is 5.56 Å². The number of hydrogen-bond acceptors (Lipinski definition) is 3. The second-order valence-electron chi connectivity index (χ2n) is 5.62. The summed E-state index contributed by atoms with van der Waals surface area (Å²) in [7, 11) is 0. The van der Waals surface area contributed by atoms with Gasteiger partial charge in [0.2, 0.25) is 5.91 Å². The number of amides is 2. The lowest BCUT2D eigenvalue weighted by molar-refractivity contribution is -0.131. The molecular weight excluding hydrogens is 325 g/mol. The maximum Gasteiger partial charge on any atom is 0.251 e. The van der Waals surface area contributed by atoms with Crippen LogP contribution in [-0.4, -0.2) is 11.8 Å². The van der Waals surface area contributed by atoms with Crippen molar-refractivity contribution in [2.45, 2.75) is 31.7 Å². The summed E-state index contributed by atoms with van der Waals surface area (Å²) in [6.45, 7) is 0. The number of benzene rings is 1. The van der Waals surface area contributed by atoms with Crippen molar-refractivity contribution < 1.29 is 9.59 Å². The molecule has 2 amide bonds. The number of rotatable bonds is 2. The van der Waals surface area contributed by atoms with Crippen molar-refractivity contribution in [2.24, 2.45) is 5.41 Å². The van der Waals surface area contributed by atoms with E-state index in [0.717, 1.165) is 12.8 Å². The Morgan fingerprint density at radius 1 is 1.36 bits per heavy atom. The summed E-state index contributed by atoms with van der Waals surface area (Å²) in [5.74, 6) is -0.773. The Bertz CT molecular complexity index is 705. The average molecular weight is 338 g/mol. The van der Waals surface area contributed by atoms with Crippen LogP contribution in [-0.2, 0) is 9.59 Å². The maximum absolute atomic E-state index is 12.5. The monoisotopic (exact) mass is 337 g/mol. The molecule has 2 aliphatic rings. The van der Waals surface area contributed by atoms with Crippen molar-refractivity contribution in [2.75, 3.05) is 5.32 Å². The van der Waals surface area contributed by atoms with Gasteiger partial charge in [0.25, 0.3) is 5.91 Å². The highest BCUT2D eigenvalue weighted by Gasteiger charge is 2.44. The first-order valence-electron chi connectivity index (χ1n) is 6.99. The molecule has 0 spiro atoms. The number of nitrogens with zero attached hydrogens (tertiary/aromatic N) is 1. The molecule has 0 bridgehead atoms. The molecule has 5 nitrogen and oxygen atoms in total. The second kappa shape index (κ2) is 5.45. The van der Waals surface area contributed by atoms with Crippen LogP contribution in [0.15, 0.2) is 12.1 Å². The number of hydrogen-bond donors (Lipinski definition) is 2. The van der Waals surface area contributed by atoms with Gasteiger partial charge in [-0.3, -0.25) is 9.59 Å². The second-order valence-corrected chi connectivity index (χ2v) is 6.41. The van der Waals surface area contributed by atoms with Crippen molar-refractivity contribution >= 4 is 40.7 Å².